The molecule has 0 amide bonds. The highest BCUT2D eigenvalue weighted by molar-refractivity contribution is 5.91. The molecule has 6 heteroatoms. The van der Waals surface area contributed by atoms with Gasteiger partial charge in [0.25, 0.3) is 0 Å². The lowest BCUT2D eigenvalue weighted by Gasteiger charge is -2.12. The van der Waals surface area contributed by atoms with E-state index in [1.165, 1.54) is 0 Å². The SMILES string of the molecule is CCCOC(=O)c1cccc(F)c1C(F)(F)F. The second-order valence-electron chi connectivity index (χ2n) is 3.30. The predicted octanol–water partition coefficient (Wildman–Crippen LogP) is 3.41. The molecule has 0 atom stereocenters. The largest absolute Gasteiger partial charge is 0.462 e. The fraction of sp³-hybridized carbons (Fsp3) is 0.364. The van der Waals surface area contributed by atoms with Crippen LogP contribution >= 0.6 is 0 Å². The van der Waals surface area contributed by atoms with Gasteiger partial charge in [-0.2, -0.15) is 13.2 Å². The van der Waals surface area contributed by atoms with Crippen molar-refractivity contribution in [3.05, 3.63) is 35.1 Å². The summed E-state index contributed by atoms with van der Waals surface area (Å²) < 4.78 is 55.3. The third kappa shape index (κ3) is 3.18. The lowest BCUT2D eigenvalue weighted by molar-refractivity contribution is -0.140. The second kappa shape index (κ2) is 5.16. The molecule has 0 aliphatic rings. The van der Waals surface area contributed by atoms with Crippen molar-refractivity contribution in [2.24, 2.45) is 0 Å². The van der Waals surface area contributed by atoms with Crippen LogP contribution in [0.25, 0.3) is 0 Å². The van der Waals surface area contributed by atoms with E-state index in [1.54, 1.807) is 6.92 Å². The van der Waals surface area contributed by atoms with Crippen molar-refractivity contribution < 1.29 is 27.1 Å². The summed E-state index contributed by atoms with van der Waals surface area (Å²) in [5.74, 6) is -2.65. The minimum Gasteiger partial charge on any atom is -0.462 e. The van der Waals surface area contributed by atoms with Crippen LogP contribution in [0.2, 0.25) is 0 Å². The standard InChI is InChI=1S/C11H10F4O2/c1-2-6-17-10(16)7-4-3-5-8(12)9(7)11(13,14)15/h3-5H,2,6H2,1H3. The van der Waals surface area contributed by atoms with Gasteiger partial charge in [-0.25, -0.2) is 9.18 Å². The van der Waals surface area contributed by atoms with E-state index in [4.69, 9.17) is 0 Å². The van der Waals surface area contributed by atoms with E-state index in [9.17, 15) is 22.4 Å². The van der Waals surface area contributed by atoms with Gasteiger partial charge in [0.2, 0.25) is 0 Å². The Morgan fingerprint density at radius 3 is 2.53 bits per heavy atom. The van der Waals surface area contributed by atoms with Crippen molar-refractivity contribution >= 4 is 5.97 Å². The first-order valence-corrected chi connectivity index (χ1v) is 4.90. The molecule has 0 unspecified atom stereocenters. The summed E-state index contributed by atoms with van der Waals surface area (Å²) in [6.45, 7) is 1.69. The van der Waals surface area contributed by atoms with Gasteiger partial charge in [-0.05, 0) is 18.6 Å². The van der Waals surface area contributed by atoms with Gasteiger partial charge in [-0.15, -0.1) is 0 Å². The van der Waals surface area contributed by atoms with Crippen molar-refractivity contribution in [1.29, 1.82) is 0 Å². The number of hydrogen-bond acceptors (Lipinski definition) is 2. The maximum Gasteiger partial charge on any atom is 0.420 e. The zero-order valence-electron chi connectivity index (χ0n) is 8.97. The Morgan fingerprint density at radius 2 is 2.00 bits per heavy atom. The zero-order valence-corrected chi connectivity index (χ0v) is 8.97. The number of alkyl halides is 3. The Bertz CT molecular complexity index is 412. The summed E-state index contributed by atoms with van der Waals surface area (Å²) in [5, 5.41) is 0. The van der Waals surface area contributed by atoms with Gasteiger partial charge in [0, 0.05) is 0 Å². The molecule has 0 saturated carbocycles. The molecule has 0 aromatic heterocycles. The van der Waals surface area contributed by atoms with Gasteiger partial charge >= 0.3 is 12.1 Å². The van der Waals surface area contributed by atoms with Crippen LogP contribution in [0.15, 0.2) is 18.2 Å². The summed E-state index contributed by atoms with van der Waals surface area (Å²) >= 11 is 0. The normalized spacial score (nSPS) is 11.4. The molecule has 1 aromatic carbocycles. The van der Waals surface area contributed by atoms with Crippen LogP contribution in [0.1, 0.15) is 29.3 Å². The van der Waals surface area contributed by atoms with Crippen molar-refractivity contribution in [2.75, 3.05) is 6.61 Å². The highest BCUT2D eigenvalue weighted by atomic mass is 19.4. The summed E-state index contributed by atoms with van der Waals surface area (Å²) in [7, 11) is 0. The molecule has 0 spiro atoms. The van der Waals surface area contributed by atoms with Gasteiger partial charge in [-0.1, -0.05) is 13.0 Å². The fourth-order valence-corrected chi connectivity index (χ4v) is 1.25. The summed E-state index contributed by atoms with van der Waals surface area (Å²) in [6.07, 6.45) is -4.45. The molecule has 94 valence electrons. The van der Waals surface area contributed by atoms with Crippen molar-refractivity contribution in [3.8, 4) is 0 Å². The number of benzene rings is 1. The molecular weight excluding hydrogens is 240 g/mol. The van der Waals surface area contributed by atoms with Crippen LogP contribution in [0, 0.1) is 5.82 Å². The highest BCUT2D eigenvalue weighted by Gasteiger charge is 2.38. The van der Waals surface area contributed by atoms with Crippen LogP contribution in [0.3, 0.4) is 0 Å². The lowest BCUT2D eigenvalue weighted by atomic mass is 10.1. The number of rotatable bonds is 3. The molecule has 0 heterocycles. The van der Waals surface area contributed by atoms with Gasteiger partial charge in [0.05, 0.1) is 12.2 Å². The number of hydrogen-bond donors (Lipinski definition) is 0. The fourth-order valence-electron chi connectivity index (χ4n) is 1.25. The van der Waals surface area contributed by atoms with Crippen LogP contribution in [0.5, 0.6) is 0 Å². The van der Waals surface area contributed by atoms with E-state index in [1.807, 2.05) is 0 Å². The molecule has 1 rings (SSSR count). The number of carbonyl (C=O) groups excluding carboxylic acids is 1. The van der Waals surface area contributed by atoms with Crippen molar-refractivity contribution in [1.82, 2.24) is 0 Å². The number of esters is 1. The van der Waals surface area contributed by atoms with E-state index in [0.29, 0.717) is 12.5 Å². The number of ether oxygens (including phenoxy) is 1. The second-order valence-corrected chi connectivity index (χ2v) is 3.30. The summed E-state index contributed by atoms with van der Waals surface area (Å²) in [5.41, 5.74) is -2.38. The third-order valence-corrected chi connectivity index (χ3v) is 1.95. The van der Waals surface area contributed by atoms with E-state index in [0.717, 1.165) is 12.1 Å². The van der Waals surface area contributed by atoms with E-state index in [-0.39, 0.29) is 6.61 Å². The van der Waals surface area contributed by atoms with Crippen molar-refractivity contribution in [3.63, 3.8) is 0 Å². The Morgan fingerprint density at radius 1 is 1.35 bits per heavy atom. The molecule has 2 nitrogen and oxygen atoms in total. The first-order chi connectivity index (χ1) is 7.88. The van der Waals surface area contributed by atoms with E-state index >= 15 is 0 Å². The first-order valence-electron chi connectivity index (χ1n) is 4.90. The Balaban J connectivity index is 3.16. The maximum atomic E-state index is 13.1. The minimum atomic E-state index is -4.92. The topological polar surface area (TPSA) is 26.3 Å². The Labute approximate surface area is 95.2 Å². The van der Waals surface area contributed by atoms with Crippen LogP contribution in [0.4, 0.5) is 17.6 Å². The monoisotopic (exact) mass is 250 g/mol. The maximum absolute atomic E-state index is 13.1. The average Bonchev–Trinajstić information content (AvgIpc) is 2.23. The van der Waals surface area contributed by atoms with E-state index < -0.39 is 29.1 Å². The molecule has 0 fully saturated rings. The van der Waals surface area contributed by atoms with Gasteiger partial charge in [0.1, 0.15) is 11.4 Å². The van der Waals surface area contributed by atoms with Crippen LogP contribution in [-0.2, 0) is 10.9 Å². The van der Waals surface area contributed by atoms with Gasteiger partial charge in [0.15, 0.2) is 0 Å². The summed E-state index contributed by atoms with van der Waals surface area (Å²) in [4.78, 5) is 11.3. The van der Waals surface area contributed by atoms with Crippen molar-refractivity contribution in [2.45, 2.75) is 19.5 Å². The quantitative estimate of drug-likeness (QED) is 0.607. The molecule has 0 saturated heterocycles. The summed E-state index contributed by atoms with van der Waals surface area (Å²) in [6, 6.07) is 2.58. The van der Waals surface area contributed by atoms with Crippen LogP contribution < -0.4 is 0 Å². The van der Waals surface area contributed by atoms with E-state index in [2.05, 4.69) is 4.74 Å². The molecule has 0 aliphatic carbocycles. The average molecular weight is 250 g/mol. The zero-order chi connectivity index (χ0) is 13.1. The predicted molar refractivity (Wildman–Crippen MR) is 52.0 cm³/mol. The number of carbonyl (C=O) groups is 1. The molecule has 0 radical (unpaired) electrons. The number of halogens is 4. The molecule has 1 aromatic rings. The smallest absolute Gasteiger partial charge is 0.420 e. The molecule has 0 bridgehead atoms. The Kier molecular flexibility index (Phi) is 4.09. The lowest BCUT2D eigenvalue weighted by Crippen LogP contribution is -2.17. The minimum absolute atomic E-state index is 0.00730. The molecule has 0 N–H and O–H groups in total. The first kappa shape index (κ1) is 13.5. The van der Waals surface area contributed by atoms with Crippen LogP contribution in [-0.4, -0.2) is 12.6 Å². The highest BCUT2D eigenvalue weighted by Crippen LogP contribution is 2.34. The molecule has 17 heavy (non-hydrogen) atoms. The molecular formula is C11H10F4O2. The molecule has 0 aliphatic heterocycles. The third-order valence-electron chi connectivity index (χ3n) is 1.95. The van der Waals surface area contributed by atoms with Gasteiger partial charge < -0.3 is 4.74 Å². The Hall–Kier alpha value is -1.59. The van der Waals surface area contributed by atoms with Gasteiger partial charge in [-0.3, -0.25) is 0 Å².